The van der Waals surface area contributed by atoms with Crippen molar-refractivity contribution >= 4 is 5.91 Å². The zero-order valence-corrected chi connectivity index (χ0v) is 19.8. The molecule has 34 heavy (non-hydrogen) atoms. The van der Waals surface area contributed by atoms with E-state index in [9.17, 15) is 15.0 Å². The summed E-state index contributed by atoms with van der Waals surface area (Å²) in [6.45, 7) is 10.3. The van der Waals surface area contributed by atoms with Crippen molar-refractivity contribution in [3.8, 4) is 28.6 Å². The molecule has 1 amide bonds. The molecule has 1 aliphatic heterocycles. The second-order valence-electron chi connectivity index (χ2n) is 8.68. The maximum Gasteiger partial charge on any atom is 0.289 e. The predicted octanol–water partition coefficient (Wildman–Crippen LogP) is 3.05. The van der Waals surface area contributed by atoms with Crippen LogP contribution in [-0.4, -0.2) is 68.6 Å². The van der Waals surface area contributed by atoms with E-state index in [4.69, 9.17) is 4.74 Å². The number of phenolic OH excluding ortho intramolecular Hbond substituents is 2. The lowest BCUT2D eigenvalue weighted by atomic mass is 9.98. The first kappa shape index (κ1) is 23.7. The van der Waals surface area contributed by atoms with Crippen LogP contribution < -0.4 is 5.32 Å². The number of nitrogens with one attached hydrogen (secondary N) is 1. The summed E-state index contributed by atoms with van der Waals surface area (Å²) in [4.78, 5) is 15.1. The maximum absolute atomic E-state index is 12.8. The van der Waals surface area contributed by atoms with Gasteiger partial charge < -0.3 is 20.3 Å². The second kappa shape index (κ2) is 10.2. The van der Waals surface area contributed by atoms with E-state index in [1.54, 1.807) is 10.6 Å². The van der Waals surface area contributed by atoms with E-state index in [0.717, 1.165) is 38.4 Å². The SMILES string of the molecule is CCNC(=O)c1nnc(-c2cc(C(C)C)c(O)cc2O)n1-c1ccc(CN2CCOCC2)cc1. The molecule has 2 heterocycles. The van der Waals surface area contributed by atoms with Crippen LogP contribution in [0.5, 0.6) is 11.5 Å². The van der Waals surface area contributed by atoms with Crippen LogP contribution in [0.3, 0.4) is 0 Å². The first-order chi connectivity index (χ1) is 16.4. The summed E-state index contributed by atoms with van der Waals surface area (Å²) in [5, 5.41) is 32.1. The number of aromatic hydroxyl groups is 2. The molecule has 0 saturated carbocycles. The van der Waals surface area contributed by atoms with Crippen LogP contribution in [0.1, 0.15) is 48.4 Å². The summed E-state index contributed by atoms with van der Waals surface area (Å²) >= 11 is 0. The Hall–Kier alpha value is -3.43. The molecular formula is C25H31N5O4. The van der Waals surface area contributed by atoms with Gasteiger partial charge in [0.2, 0.25) is 5.82 Å². The van der Waals surface area contributed by atoms with Gasteiger partial charge in [-0.05, 0) is 42.2 Å². The number of rotatable bonds is 7. The van der Waals surface area contributed by atoms with E-state index >= 15 is 0 Å². The minimum Gasteiger partial charge on any atom is -0.508 e. The van der Waals surface area contributed by atoms with Crippen molar-refractivity contribution in [3.05, 3.63) is 53.3 Å². The average molecular weight is 466 g/mol. The number of ether oxygens (including phenoxy) is 1. The Morgan fingerprint density at radius 2 is 1.79 bits per heavy atom. The van der Waals surface area contributed by atoms with Gasteiger partial charge in [0.15, 0.2) is 5.82 Å². The molecule has 0 radical (unpaired) electrons. The number of amides is 1. The van der Waals surface area contributed by atoms with Crippen molar-refractivity contribution in [2.75, 3.05) is 32.8 Å². The molecule has 1 fully saturated rings. The zero-order chi connectivity index (χ0) is 24.2. The van der Waals surface area contributed by atoms with Crippen LogP contribution in [-0.2, 0) is 11.3 Å². The summed E-state index contributed by atoms with van der Waals surface area (Å²) in [7, 11) is 0. The largest absolute Gasteiger partial charge is 0.508 e. The fourth-order valence-electron chi connectivity index (χ4n) is 4.09. The minimum atomic E-state index is -0.360. The van der Waals surface area contributed by atoms with Crippen molar-refractivity contribution in [3.63, 3.8) is 0 Å². The fourth-order valence-corrected chi connectivity index (χ4v) is 4.09. The molecule has 2 aromatic carbocycles. The third kappa shape index (κ3) is 4.90. The Bertz CT molecular complexity index is 1150. The number of phenols is 2. The standard InChI is InChI=1S/C25H31N5O4/c1-4-26-25(33)24-28-27-23(20-13-19(16(2)3)21(31)14-22(20)32)30(24)18-7-5-17(6-8-18)15-29-9-11-34-12-10-29/h5-8,13-14,16,31-32H,4,9-12,15H2,1-3H3,(H,26,33). The third-order valence-electron chi connectivity index (χ3n) is 5.92. The number of hydrogen-bond acceptors (Lipinski definition) is 7. The number of carbonyl (C=O) groups is 1. The number of hydrogen-bond donors (Lipinski definition) is 3. The molecule has 4 rings (SSSR count). The number of aromatic nitrogens is 3. The van der Waals surface area contributed by atoms with Gasteiger partial charge in [-0.15, -0.1) is 10.2 Å². The summed E-state index contributed by atoms with van der Waals surface area (Å²) < 4.78 is 7.06. The van der Waals surface area contributed by atoms with Crippen molar-refractivity contribution in [1.82, 2.24) is 25.0 Å². The lowest BCUT2D eigenvalue weighted by molar-refractivity contribution is 0.0342. The molecule has 3 N–H and O–H groups in total. The Balaban J connectivity index is 1.76. The van der Waals surface area contributed by atoms with E-state index in [2.05, 4.69) is 20.4 Å². The zero-order valence-electron chi connectivity index (χ0n) is 19.8. The van der Waals surface area contributed by atoms with Gasteiger partial charge in [-0.2, -0.15) is 0 Å². The summed E-state index contributed by atoms with van der Waals surface area (Å²) in [6, 6.07) is 10.9. The van der Waals surface area contributed by atoms with E-state index in [1.165, 1.54) is 6.07 Å². The average Bonchev–Trinajstić information content (AvgIpc) is 3.25. The van der Waals surface area contributed by atoms with Crippen LogP contribution in [0, 0.1) is 0 Å². The first-order valence-electron chi connectivity index (χ1n) is 11.6. The maximum atomic E-state index is 12.8. The highest BCUT2D eigenvalue weighted by Crippen LogP contribution is 2.38. The highest BCUT2D eigenvalue weighted by atomic mass is 16.5. The summed E-state index contributed by atoms with van der Waals surface area (Å²) in [6.07, 6.45) is 0. The number of nitrogens with zero attached hydrogens (tertiary/aromatic N) is 4. The number of morpholine rings is 1. The third-order valence-corrected chi connectivity index (χ3v) is 5.92. The van der Waals surface area contributed by atoms with E-state index in [1.807, 2.05) is 45.0 Å². The van der Waals surface area contributed by atoms with Crippen LogP contribution in [0.2, 0.25) is 0 Å². The molecular weight excluding hydrogens is 434 g/mol. The minimum absolute atomic E-state index is 0.0127. The van der Waals surface area contributed by atoms with Gasteiger partial charge in [0.25, 0.3) is 5.91 Å². The van der Waals surface area contributed by atoms with E-state index in [-0.39, 0.29) is 29.1 Å². The molecule has 1 saturated heterocycles. The van der Waals surface area contributed by atoms with Crippen LogP contribution in [0.25, 0.3) is 17.1 Å². The van der Waals surface area contributed by atoms with Crippen molar-refractivity contribution in [2.24, 2.45) is 0 Å². The van der Waals surface area contributed by atoms with E-state index < -0.39 is 0 Å². The van der Waals surface area contributed by atoms with Gasteiger partial charge in [-0.25, -0.2) is 0 Å². The molecule has 0 atom stereocenters. The molecule has 0 unspecified atom stereocenters. The molecule has 0 bridgehead atoms. The van der Waals surface area contributed by atoms with Crippen molar-refractivity contribution < 1.29 is 19.7 Å². The lowest BCUT2D eigenvalue weighted by Gasteiger charge is -2.26. The smallest absolute Gasteiger partial charge is 0.289 e. The first-order valence-corrected chi connectivity index (χ1v) is 11.6. The Morgan fingerprint density at radius 3 is 2.44 bits per heavy atom. The normalized spacial score (nSPS) is 14.5. The molecule has 9 heteroatoms. The van der Waals surface area contributed by atoms with Gasteiger partial charge in [0, 0.05) is 37.9 Å². The van der Waals surface area contributed by atoms with Crippen LogP contribution in [0.4, 0.5) is 0 Å². The quantitative estimate of drug-likeness (QED) is 0.492. The highest BCUT2D eigenvalue weighted by Gasteiger charge is 2.24. The van der Waals surface area contributed by atoms with Gasteiger partial charge in [-0.1, -0.05) is 26.0 Å². The Morgan fingerprint density at radius 1 is 1.09 bits per heavy atom. The molecule has 9 nitrogen and oxygen atoms in total. The predicted molar refractivity (Wildman–Crippen MR) is 128 cm³/mol. The molecule has 180 valence electrons. The van der Waals surface area contributed by atoms with Crippen LogP contribution in [0.15, 0.2) is 36.4 Å². The molecule has 1 aliphatic rings. The summed E-state index contributed by atoms with van der Waals surface area (Å²) in [5.41, 5.74) is 2.91. The van der Waals surface area contributed by atoms with Gasteiger partial charge in [0.05, 0.1) is 18.8 Å². The van der Waals surface area contributed by atoms with Crippen LogP contribution >= 0.6 is 0 Å². The Kier molecular flexibility index (Phi) is 7.14. The number of benzene rings is 2. The summed E-state index contributed by atoms with van der Waals surface area (Å²) in [5.74, 6) is -0.0161. The number of carbonyl (C=O) groups excluding carboxylic acids is 1. The lowest BCUT2D eigenvalue weighted by Crippen LogP contribution is -2.35. The van der Waals surface area contributed by atoms with Gasteiger partial charge in [-0.3, -0.25) is 14.3 Å². The molecule has 0 aliphatic carbocycles. The highest BCUT2D eigenvalue weighted by molar-refractivity contribution is 5.92. The Labute approximate surface area is 199 Å². The fraction of sp³-hybridized carbons (Fsp3) is 0.400. The monoisotopic (exact) mass is 465 g/mol. The second-order valence-corrected chi connectivity index (χ2v) is 8.68. The molecule has 1 aromatic heterocycles. The van der Waals surface area contributed by atoms with Crippen molar-refractivity contribution in [2.45, 2.75) is 33.2 Å². The van der Waals surface area contributed by atoms with E-state index in [0.29, 0.717) is 29.2 Å². The molecule has 0 spiro atoms. The van der Waals surface area contributed by atoms with Crippen molar-refractivity contribution in [1.29, 1.82) is 0 Å². The molecule has 3 aromatic rings. The topological polar surface area (TPSA) is 113 Å². The van der Waals surface area contributed by atoms with Gasteiger partial charge >= 0.3 is 0 Å². The van der Waals surface area contributed by atoms with Gasteiger partial charge in [0.1, 0.15) is 11.5 Å².